The standard InChI is InChI=1S/C21H23N3O3/c1-14(2)15-8-10-16(11-9-15)22-19(25)12-13-20-23-24-21(27-20)17-6-4-5-7-18(17)26-3/h4-11,14H,12-13H2,1-3H3,(H,22,25). The molecule has 27 heavy (non-hydrogen) atoms. The lowest BCUT2D eigenvalue weighted by Gasteiger charge is -2.08. The molecule has 0 radical (unpaired) electrons. The minimum absolute atomic E-state index is 0.0932. The number of hydrogen-bond acceptors (Lipinski definition) is 5. The topological polar surface area (TPSA) is 77.2 Å². The highest BCUT2D eigenvalue weighted by Crippen LogP contribution is 2.28. The number of anilines is 1. The number of amides is 1. The van der Waals surface area contributed by atoms with Crippen molar-refractivity contribution in [3.05, 3.63) is 60.0 Å². The van der Waals surface area contributed by atoms with Gasteiger partial charge in [-0.1, -0.05) is 38.1 Å². The first-order chi connectivity index (χ1) is 13.1. The van der Waals surface area contributed by atoms with E-state index in [0.29, 0.717) is 29.9 Å². The number of benzene rings is 2. The van der Waals surface area contributed by atoms with Crippen molar-refractivity contribution in [2.75, 3.05) is 12.4 Å². The zero-order chi connectivity index (χ0) is 19.2. The van der Waals surface area contributed by atoms with Gasteiger partial charge in [0.2, 0.25) is 11.8 Å². The van der Waals surface area contributed by atoms with Crippen molar-refractivity contribution in [2.45, 2.75) is 32.6 Å². The summed E-state index contributed by atoms with van der Waals surface area (Å²) in [6.07, 6.45) is 0.636. The van der Waals surface area contributed by atoms with Gasteiger partial charge in [0.25, 0.3) is 5.89 Å². The van der Waals surface area contributed by atoms with Crippen LogP contribution in [0.25, 0.3) is 11.5 Å². The third-order valence-electron chi connectivity index (χ3n) is 4.23. The molecule has 1 N–H and O–H groups in total. The van der Waals surface area contributed by atoms with Crippen LogP contribution in [-0.4, -0.2) is 23.2 Å². The van der Waals surface area contributed by atoms with Crippen molar-refractivity contribution in [1.82, 2.24) is 10.2 Å². The molecule has 1 amide bonds. The Labute approximate surface area is 158 Å². The molecule has 140 valence electrons. The summed E-state index contributed by atoms with van der Waals surface area (Å²) in [5, 5.41) is 11.0. The van der Waals surface area contributed by atoms with E-state index in [2.05, 4.69) is 29.4 Å². The fraction of sp³-hybridized carbons (Fsp3) is 0.286. The maximum absolute atomic E-state index is 12.2. The monoisotopic (exact) mass is 365 g/mol. The van der Waals surface area contributed by atoms with Crippen LogP contribution in [0, 0.1) is 0 Å². The average molecular weight is 365 g/mol. The van der Waals surface area contributed by atoms with Gasteiger partial charge in [-0.15, -0.1) is 10.2 Å². The highest BCUT2D eigenvalue weighted by atomic mass is 16.5. The van der Waals surface area contributed by atoms with Crippen LogP contribution in [0.15, 0.2) is 52.9 Å². The fourth-order valence-electron chi connectivity index (χ4n) is 2.68. The van der Waals surface area contributed by atoms with E-state index in [1.165, 1.54) is 5.56 Å². The Hall–Kier alpha value is -3.15. The number of rotatable bonds is 7. The van der Waals surface area contributed by atoms with Gasteiger partial charge in [-0.2, -0.15) is 0 Å². The van der Waals surface area contributed by atoms with E-state index in [4.69, 9.17) is 9.15 Å². The molecule has 0 spiro atoms. The SMILES string of the molecule is COc1ccccc1-c1nnc(CCC(=O)Nc2ccc(C(C)C)cc2)o1. The van der Waals surface area contributed by atoms with Gasteiger partial charge in [0.15, 0.2) is 0 Å². The maximum atomic E-state index is 12.2. The third kappa shape index (κ3) is 4.73. The number of para-hydroxylation sites is 1. The van der Waals surface area contributed by atoms with Crippen LogP contribution >= 0.6 is 0 Å². The van der Waals surface area contributed by atoms with E-state index in [1.807, 2.05) is 48.5 Å². The van der Waals surface area contributed by atoms with Gasteiger partial charge in [0.05, 0.1) is 12.7 Å². The van der Waals surface area contributed by atoms with Gasteiger partial charge in [0.1, 0.15) is 5.75 Å². The highest BCUT2D eigenvalue weighted by Gasteiger charge is 2.14. The first kappa shape index (κ1) is 18.6. The molecule has 0 aliphatic heterocycles. The number of ether oxygens (including phenoxy) is 1. The van der Waals surface area contributed by atoms with Gasteiger partial charge in [-0.05, 0) is 35.7 Å². The zero-order valence-electron chi connectivity index (χ0n) is 15.7. The Morgan fingerprint density at radius 1 is 1.11 bits per heavy atom. The first-order valence-corrected chi connectivity index (χ1v) is 8.92. The molecule has 0 fully saturated rings. The molecule has 0 saturated carbocycles. The molecule has 1 aromatic heterocycles. The van der Waals surface area contributed by atoms with E-state index in [9.17, 15) is 4.79 Å². The molecular weight excluding hydrogens is 342 g/mol. The number of carbonyl (C=O) groups excluding carboxylic acids is 1. The lowest BCUT2D eigenvalue weighted by atomic mass is 10.0. The molecule has 0 unspecified atom stereocenters. The number of methoxy groups -OCH3 is 1. The Morgan fingerprint density at radius 2 is 1.85 bits per heavy atom. The Kier molecular flexibility index (Phi) is 5.86. The molecule has 0 atom stereocenters. The van der Waals surface area contributed by atoms with E-state index in [1.54, 1.807) is 7.11 Å². The number of carbonyl (C=O) groups is 1. The summed E-state index contributed by atoms with van der Waals surface area (Å²) in [5.41, 5.74) is 2.75. The van der Waals surface area contributed by atoms with Gasteiger partial charge < -0.3 is 14.5 Å². The van der Waals surface area contributed by atoms with Crippen molar-refractivity contribution in [3.8, 4) is 17.2 Å². The van der Waals surface area contributed by atoms with Crippen LogP contribution in [0.1, 0.15) is 37.6 Å². The predicted molar refractivity (Wildman–Crippen MR) is 104 cm³/mol. The second-order valence-electron chi connectivity index (χ2n) is 6.53. The van der Waals surface area contributed by atoms with Crippen molar-refractivity contribution in [2.24, 2.45) is 0 Å². The molecule has 0 bridgehead atoms. The highest BCUT2D eigenvalue weighted by molar-refractivity contribution is 5.90. The molecule has 6 heteroatoms. The van der Waals surface area contributed by atoms with Gasteiger partial charge in [0, 0.05) is 18.5 Å². The van der Waals surface area contributed by atoms with E-state index >= 15 is 0 Å². The largest absolute Gasteiger partial charge is 0.496 e. The summed E-state index contributed by atoms with van der Waals surface area (Å²) in [7, 11) is 1.59. The number of aryl methyl sites for hydroxylation is 1. The molecule has 6 nitrogen and oxygen atoms in total. The lowest BCUT2D eigenvalue weighted by Crippen LogP contribution is -2.12. The normalized spacial score (nSPS) is 10.8. The van der Waals surface area contributed by atoms with Crippen LogP contribution in [0.2, 0.25) is 0 Å². The van der Waals surface area contributed by atoms with Crippen molar-refractivity contribution in [1.29, 1.82) is 0 Å². The van der Waals surface area contributed by atoms with Gasteiger partial charge in [-0.25, -0.2) is 0 Å². The zero-order valence-corrected chi connectivity index (χ0v) is 15.7. The number of hydrogen-bond donors (Lipinski definition) is 1. The number of aromatic nitrogens is 2. The minimum atomic E-state index is -0.0932. The molecular formula is C21H23N3O3. The van der Waals surface area contributed by atoms with E-state index < -0.39 is 0 Å². The van der Waals surface area contributed by atoms with Crippen LogP contribution in [-0.2, 0) is 11.2 Å². The van der Waals surface area contributed by atoms with Crippen molar-refractivity contribution < 1.29 is 13.9 Å². The molecule has 3 aromatic rings. The summed E-state index contributed by atoms with van der Waals surface area (Å²) >= 11 is 0. The number of nitrogens with one attached hydrogen (secondary N) is 1. The van der Waals surface area contributed by atoms with Gasteiger partial charge in [-0.3, -0.25) is 4.79 Å². The van der Waals surface area contributed by atoms with Crippen molar-refractivity contribution >= 4 is 11.6 Å². The minimum Gasteiger partial charge on any atom is -0.496 e. The van der Waals surface area contributed by atoms with Crippen molar-refractivity contribution in [3.63, 3.8) is 0 Å². The van der Waals surface area contributed by atoms with Crippen LogP contribution < -0.4 is 10.1 Å². The molecule has 0 aliphatic rings. The smallest absolute Gasteiger partial charge is 0.251 e. The summed E-state index contributed by atoms with van der Waals surface area (Å²) < 4.78 is 11.0. The maximum Gasteiger partial charge on any atom is 0.251 e. The van der Waals surface area contributed by atoms with E-state index in [-0.39, 0.29) is 12.3 Å². The summed E-state index contributed by atoms with van der Waals surface area (Å²) in [4.78, 5) is 12.2. The Balaban J connectivity index is 1.57. The summed E-state index contributed by atoms with van der Waals surface area (Å²) in [6, 6.07) is 15.3. The second kappa shape index (κ2) is 8.49. The first-order valence-electron chi connectivity index (χ1n) is 8.92. The number of nitrogens with zero attached hydrogens (tertiary/aromatic N) is 2. The Bertz CT molecular complexity index is 901. The predicted octanol–water partition coefficient (Wildman–Crippen LogP) is 4.44. The molecule has 0 saturated heterocycles. The van der Waals surface area contributed by atoms with Crippen LogP contribution in [0.4, 0.5) is 5.69 Å². The van der Waals surface area contributed by atoms with Crippen LogP contribution in [0.5, 0.6) is 5.75 Å². The molecule has 1 heterocycles. The summed E-state index contributed by atoms with van der Waals surface area (Å²) in [6.45, 7) is 4.27. The quantitative estimate of drug-likeness (QED) is 0.670. The van der Waals surface area contributed by atoms with E-state index in [0.717, 1.165) is 11.3 Å². The van der Waals surface area contributed by atoms with Crippen LogP contribution in [0.3, 0.4) is 0 Å². The Morgan fingerprint density at radius 3 is 2.56 bits per heavy atom. The third-order valence-corrected chi connectivity index (χ3v) is 4.23. The molecule has 2 aromatic carbocycles. The lowest BCUT2D eigenvalue weighted by molar-refractivity contribution is -0.116. The second-order valence-corrected chi connectivity index (χ2v) is 6.53. The molecule has 0 aliphatic carbocycles. The summed E-state index contributed by atoms with van der Waals surface area (Å²) in [5.74, 6) is 1.83. The fourth-order valence-corrected chi connectivity index (χ4v) is 2.68. The molecule has 3 rings (SSSR count). The average Bonchev–Trinajstić information content (AvgIpc) is 3.15. The van der Waals surface area contributed by atoms with Gasteiger partial charge >= 0.3 is 0 Å².